The zero-order valence-electron chi connectivity index (χ0n) is 10.9. The Bertz CT molecular complexity index is 615. The number of nitrogens with zero attached hydrogens (tertiary/aromatic N) is 1. The molecule has 5 nitrogen and oxygen atoms in total. The highest BCUT2D eigenvalue weighted by molar-refractivity contribution is 7.13. The van der Waals surface area contributed by atoms with Gasteiger partial charge in [-0.05, 0) is 12.1 Å². The summed E-state index contributed by atoms with van der Waals surface area (Å²) < 4.78 is 5.22. The second-order valence-electron chi connectivity index (χ2n) is 4.05. The van der Waals surface area contributed by atoms with Crippen molar-refractivity contribution in [3.05, 3.63) is 39.9 Å². The fraction of sp³-hybridized carbons (Fsp3) is 0.231. The largest absolute Gasteiger partial charge is 0.496 e. The summed E-state index contributed by atoms with van der Waals surface area (Å²) in [6.45, 7) is 0.307. The Kier molecular flexibility index (Phi) is 4.81. The van der Waals surface area contributed by atoms with Gasteiger partial charge in [-0.2, -0.15) is 0 Å². The number of carbonyl (C=O) groups excluding carboxylic acids is 1. The Morgan fingerprint density at radius 2 is 2.35 bits per heavy atom. The molecule has 0 aliphatic heterocycles. The predicted molar refractivity (Wildman–Crippen MR) is 80.1 cm³/mol. The molecule has 2 aromatic rings. The van der Waals surface area contributed by atoms with Crippen molar-refractivity contribution in [1.29, 1.82) is 0 Å². The Morgan fingerprint density at radius 3 is 3.00 bits per heavy atom. The number of ether oxygens (including phenoxy) is 1. The van der Waals surface area contributed by atoms with Crippen LogP contribution < -0.4 is 15.8 Å². The number of amides is 1. The number of hydrogen-bond donors (Lipinski definition) is 2. The molecule has 0 unspecified atom stereocenters. The number of halogens is 1. The number of benzene rings is 1. The minimum atomic E-state index is -0.141. The molecule has 2 rings (SSSR count). The average Bonchev–Trinajstić information content (AvgIpc) is 2.82. The minimum absolute atomic E-state index is 0.141. The molecular formula is C13H14ClN3O2S. The number of methoxy groups -OCH3 is 1. The SMILES string of the molecule is COc1cccc(Cl)c1CNC(=O)Cc1csc(N)n1. The van der Waals surface area contributed by atoms with E-state index >= 15 is 0 Å². The molecule has 7 heteroatoms. The highest BCUT2D eigenvalue weighted by Crippen LogP contribution is 2.25. The van der Waals surface area contributed by atoms with Crippen molar-refractivity contribution in [1.82, 2.24) is 10.3 Å². The van der Waals surface area contributed by atoms with Gasteiger partial charge in [-0.3, -0.25) is 4.79 Å². The summed E-state index contributed by atoms with van der Waals surface area (Å²) in [5.41, 5.74) is 6.93. The van der Waals surface area contributed by atoms with Crippen LogP contribution in [0.2, 0.25) is 5.02 Å². The summed E-state index contributed by atoms with van der Waals surface area (Å²) in [6.07, 6.45) is 0.195. The summed E-state index contributed by atoms with van der Waals surface area (Å²) in [7, 11) is 1.56. The molecule has 0 radical (unpaired) electrons. The van der Waals surface area contributed by atoms with E-state index in [1.54, 1.807) is 30.7 Å². The molecule has 1 aromatic carbocycles. The first-order chi connectivity index (χ1) is 9.60. The molecule has 0 saturated carbocycles. The van der Waals surface area contributed by atoms with Crippen LogP contribution in [0, 0.1) is 0 Å². The third-order valence-electron chi connectivity index (χ3n) is 2.67. The zero-order valence-corrected chi connectivity index (χ0v) is 12.4. The van der Waals surface area contributed by atoms with Gasteiger partial charge in [0.2, 0.25) is 5.91 Å². The highest BCUT2D eigenvalue weighted by atomic mass is 35.5. The fourth-order valence-electron chi connectivity index (χ4n) is 1.72. The number of hydrogen-bond acceptors (Lipinski definition) is 5. The topological polar surface area (TPSA) is 77.2 Å². The van der Waals surface area contributed by atoms with Crippen molar-refractivity contribution < 1.29 is 9.53 Å². The van der Waals surface area contributed by atoms with Gasteiger partial charge < -0.3 is 15.8 Å². The van der Waals surface area contributed by atoms with Crippen molar-refractivity contribution in [2.24, 2.45) is 0 Å². The molecule has 3 N–H and O–H groups in total. The van der Waals surface area contributed by atoms with E-state index in [1.165, 1.54) is 11.3 Å². The second kappa shape index (κ2) is 6.58. The van der Waals surface area contributed by atoms with Crippen LogP contribution >= 0.6 is 22.9 Å². The third-order valence-corrected chi connectivity index (χ3v) is 3.75. The number of carbonyl (C=O) groups is 1. The van der Waals surface area contributed by atoms with Gasteiger partial charge in [0.05, 0.1) is 19.2 Å². The maximum absolute atomic E-state index is 11.8. The number of rotatable bonds is 5. The molecular weight excluding hydrogens is 298 g/mol. The first kappa shape index (κ1) is 14.6. The molecule has 0 saturated heterocycles. The van der Waals surface area contributed by atoms with Gasteiger partial charge in [-0.15, -0.1) is 11.3 Å². The van der Waals surface area contributed by atoms with Gasteiger partial charge in [0.25, 0.3) is 0 Å². The van der Waals surface area contributed by atoms with E-state index in [9.17, 15) is 4.79 Å². The van der Waals surface area contributed by atoms with Gasteiger partial charge in [0, 0.05) is 22.5 Å². The Labute approximate surface area is 125 Å². The highest BCUT2D eigenvalue weighted by Gasteiger charge is 2.10. The Morgan fingerprint density at radius 1 is 1.55 bits per heavy atom. The van der Waals surface area contributed by atoms with E-state index < -0.39 is 0 Å². The van der Waals surface area contributed by atoms with Crippen LogP contribution in [0.4, 0.5) is 5.13 Å². The number of anilines is 1. The first-order valence-electron chi connectivity index (χ1n) is 5.88. The Balaban J connectivity index is 1.97. The molecule has 0 aliphatic carbocycles. The van der Waals surface area contributed by atoms with Crippen molar-refractivity contribution in [3.8, 4) is 5.75 Å². The second-order valence-corrected chi connectivity index (χ2v) is 5.35. The number of aromatic nitrogens is 1. The zero-order chi connectivity index (χ0) is 14.5. The quantitative estimate of drug-likeness (QED) is 0.888. The molecule has 0 fully saturated rings. The maximum atomic E-state index is 11.8. The normalized spacial score (nSPS) is 10.3. The summed E-state index contributed by atoms with van der Waals surface area (Å²) in [5, 5.41) is 5.58. The van der Waals surface area contributed by atoms with E-state index in [0.29, 0.717) is 28.1 Å². The fourth-order valence-corrected chi connectivity index (χ4v) is 2.51. The monoisotopic (exact) mass is 311 g/mol. The number of nitrogens with two attached hydrogens (primary N) is 1. The van der Waals surface area contributed by atoms with Crippen LogP contribution in [-0.4, -0.2) is 18.0 Å². The van der Waals surface area contributed by atoms with Crippen LogP contribution in [-0.2, 0) is 17.8 Å². The van der Waals surface area contributed by atoms with Crippen molar-refractivity contribution in [2.45, 2.75) is 13.0 Å². The van der Waals surface area contributed by atoms with E-state index in [2.05, 4.69) is 10.3 Å². The van der Waals surface area contributed by atoms with Crippen molar-refractivity contribution in [2.75, 3.05) is 12.8 Å². The number of nitrogens with one attached hydrogen (secondary N) is 1. The van der Waals surface area contributed by atoms with Crippen LogP contribution in [0.25, 0.3) is 0 Å². The molecule has 1 aromatic heterocycles. The minimum Gasteiger partial charge on any atom is -0.496 e. The predicted octanol–water partition coefficient (Wildman–Crippen LogP) is 2.25. The van der Waals surface area contributed by atoms with Gasteiger partial charge in [0.15, 0.2) is 5.13 Å². The van der Waals surface area contributed by atoms with Gasteiger partial charge in [-0.1, -0.05) is 17.7 Å². The number of thiazole rings is 1. The lowest BCUT2D eigenvalue weighted by Crippen LogP contribution is -2.25. The van der Waals surface area contributed by atoms with Crippen LogP contribution in [0.3, 0.4) is 0 Å². The Hall–Kier alpha value is -1.79. The van der Waals surface area contributed by atoms with Crippen LogP contribution in [0.5, 0.6) is 5.75 Å². The van der Waals surface area contributed by atoms with Crippen molar-refractivity contribution >= 4 is 34.0 Å². The van der Waals surface area contributed by atoms with Crippen LogP contribution in [0.1, 0.15) is 11.3 Å². The standard InChI is InChI=1S/C13H14ClN3O2S/c1-19-11-4-2-3-10(14)9(11)6-16-12(18)5-8-7-20-13(15)17-8/h2-4,7H,5-6H2,1H3,(H2,15,17)(H,16,18). The van der Waals surface area contributed by atoms with Crippen molar-refractivity contribution in [3.63, 3.8) is 0 Å². The lowest BCUT2D eigenvalue weighted by Gasteiger charge is -2.11. The summed E-state index contributed by atoms with van der Waals surface area (Å²) in [4.78, 5) is 15.9. The smallest absolute Gasteiger partial charge is 0.226 e. The molecule has 0 aliphatic rings. The molecule has 106 valence electrons. The van der Waals surface area contributed by atoms with Gasteiger partial charge in [-0.25, -0.2) is 4.98 Å². The first-order valence-corrected chi connectivity index (χ1v) is 7.14. The molecule has 0 spiro atoms. The summed E-state index contributed by atoms with van der Waals surface area (Å²) in [6, 6.07) is 5.35. The lowest BCUT2D eigenvalue weighted by atomic mass is 10.2. The molecule has 1 heterocycles. The van der Waals surface area contributed by atoms with E-state index in [0.717, 1.165) is 5.56 Å². The molecule has 20 heavy (non-hydrogen) atoms. The van der Waals surface area contributed by atoms with Gasteiger partial charge in [0.1, 0.15) is 5.75 Å². The van der Waals surface area contributed by atoms with E-state index in [-0.39, 0.29) is 12.3 Å². The number of nitrogen functional groups attached to an aromatic ring is 1. The summed E-state index contributed by atoms with van der Waals surface area (Å²) in [5.74, 6) is 0.507. The average molecular weight is 312 g/mol. The third kappa shape index (κ3) is 3.61. The van der Waals surface area contributed by atoms with E-state index in [4.69, 9.17) is 22.1 Å². The molecule has 1 amide bonds. The maximum Gasteiger partial charge on any atom is 0.226 e. The molecule has 0 bridgehead atoms. The van der Waals surface area contributed by atoms with E-state index in [1.807, 2.05) is 0 Å². The molecule has 0 atom stereocenters. The summed E-state index contributed by atoms with van der Waals surface area (Å²) >= 11 is 7.41. The van der Waals surface area contributed by atoms with Gasteiger partial charge >= 0.3 is 0 Å². The lowest BCUT2D eigenvalue weighted by molar-refractivity contribution is -0.120. The van der Waals surface area contributed by atoms with Crippen LogP contribution in [0.15, 0.2) is 23.6 Å².